The fourth-order valence-electron chi connectivity index (χ4n) is 3.13. The molecule has 0 saturated carbocycles. The predicted molar refractivity (Wildman–Crippen MR) is 114 cm³/mol. The first kappa shape index (κ1) is 20.4. The number of aromatic hydroxyl groups is 1. The normalized spacial score (nSPS) is 13.0. The third-order valence-electron chi connectivity index (χ3n) is 4.79. The molecule has 0 amide bonds. The summed E-state index contributed by atoms with van der Waals surface area (Å²) in [6.45, 7) is 19.7. The highest BCUT2D eigenvalue weighted by Crippen LogP contribution is 2.42. The standard InChI is InChI=1S/C24H35NO/c1-22(2,3)16-14-18(24(7,8)9)21(26)20(15-16)25-19-13-11-10-12-17(19)23(4,5)6/h10-15,25-26H,1-9H3. The summed E-state index contributed by atoms with van der Waals surface area (Å²) in [5.74, 6) is 0.342. The summed E-state index contributed by atoms with van der Waals surface area (Å²) in [5.41, 5.74) is 5.14. The lowest BCUT2D eigenvalue weighted by Crippen LogP contribution is -2.18. The van der Waals surface area contributed by atoms with E-state index in [1.54, 1.807) is 0 Å². The molecule has 26 heavy (non-hydrogen) atoms. The van der Waals surface area contributed by atoms with E-state index in [1.807, 2.05) is 6.07 Å². The van der Waals surface area contributed by atoms with Gasteiger partial charge in [-0.05, 0) is 39.5 Å². The van der Waals surface area contributed by atoms with E-state index in [0.717, 1.165) is 16.9 Å². The van der Waals surface area contributed by atoms with Gasteiger partial charge in [0, 0.05) is 11.3 Å². The minimum Gasteiger partial charge on any atom is -0.505 e. The average Bonchev–Trinajstić information content (AvgIpc) is 2.46. The molecule has 0 aliphatic carbocycles. The van der Waals surface area contributed by atoms with Crippen LogP contribution in [0, 0.1) is 0 Å². The van der Waals surface area contributed by atoms with Gasteiger partial charge in [-0.1, -0.05) is 86.6 Å². The zero-order valence-corrected chi connectivity index (χ0v) is 17.9. The van der Waals surface area contributed by atoms with Crippen molar-refractivity contribution in [1.29, 1.82) is 0 Å². The molecule has 0 aliphatic rings. The van der Waals surface area contributed by atoms with Crippen molar-refractivity contribution in [3.8, 4) is 5.75 Å². The Morgan fingerprint density at radius 2 is 1.19 bits per heavy atom. The lowest BCUT2D eigenvalue weighted by molar-refractivity contribution is 0.447. The van der Waals surface area contributed by atoms with Crippen LogP contribution in [-0.4, -0.2) is 5.11 Å². The molecule has 0 heterocycles. The summed E-state index contributed by atoms with van der Waals surface area (Å²) >= 11 is 0. The monoisotopic (exact) mass is 353 g/mol. The highest BCUT2D eigenvalue weighted by Gasteiger charge is 2.26. The van der Waals surface area contributed by atoms with Crippen LogP contribution in [0.3, 0.4) is 0 Å². The number of phenolic OH excluding ortho intramolecular Hbond substituents is 1. The Morgan fingerprint density at radius 3 is 1.69 bits per heavy atom. The van der Waals surface area contributed by atoms with Gasteiger partial charge in [0.2, 0.25) is 0 Å². The maximum absolute atomic E-state index is 11.0. The molecule has 0 unspecified atom stereocenters. The van der Waals surface area contributed by atoms with E-state index in [2.05, 4.69) is 98.0 Å². The predicted octanol–water partition coefficient (Wildman–Crippen LogP) is 7.03. The number of nitrogens with one attached hydrogen (secondary N) is 1. The zero-order valence-electron chi connectivity index (χ0n) is 17.9. The van der Waals surface area contributed by atoms with Gasteiger partial charge < -0.3 is 10.4 Å². The number of hydrogen-bond donors (Lipinski definition) is 2. The molecule has 2 N–H and O–H groups in total. The third kappa shape index (κ3) is 4.41. The molecule has 0 saturated heterocycles. The van der Waals surface area contributed by atoms with Crippen LogP contribution in [0.1, 0.15) is 79.0 Å². The van der Waals surface area contributed by atoms with Gasteiger partial charge in [0.05, 0.1) is 5.69 Å². The van der Waals surface area contributed by atoms with Gasteiger partial charge in [-0.2, -0.15) is 0 Å². The van der Waals surface area contributed by atoms with Crippen LogP contribution in [-0.2, 0) is 16.2 Å². The summed E-state index contributed by atoms with van der Waals surface area (Å²) in [6, 6.07) is 12.6. The Labute approximate surface area is 159 Å². The molecule has 0 aliphatic heterocycles. The molecular weight excluding hydrogens is 318 g/mol. The lowest BCUT2D eigenvalue weighted by atomic mass is 9.79. The number of rotatable bonds is 2. The Kier molecular flexibility index (Phi) is 5.20. The second kappa shape index (κ2) is 6.64. The van der Waals surface area contributed by atoms with Crippen LogP contribution in [0.2, 0.25) is 0 Å². The molecule has 0 bridgehead atoms. The van der Waals surface area contributed by atoms with Crippen LogP contribution < -0.4 is 5.32 Å². The Morgan fingerprint density at radius 1 is 0.654 bits per heavy atom. The van der Waals surface area contributed by atoms with E-state index < -0.39 is 0 Å². The molecular formula is C24H35NO. The molecule has 2 heteroatoms. The number of anilines is 2. The molecule has 0 fully saturated rings. The first-order valence-corrected chi connectivity index (χ1v) is 9.46. The second-order valence-corrected chi connectivity index (χ2v) is 10.3. The van der Waals surface area contributed by atoms with E-state index in [9.17, 15) is 5.11 Å². The minimum absolute atomic E-state index is 0.00761. The van der Waals surface area contributed by atoms with Crippen molar-refractivity contribution in [2.45, 2.75) is 78.6 Å². The molecule has 2 aromatic rings. The van der Waals surface area contributed by atoms with Crippen molar-refractivity contribution < 1.29 is 5.11 Å². The van der Waals surface area contributed by atoms with Crippen molar-refractivity contribution >= 4 is 11.4 Å². The summed E-state index contributed by atoms with van der Waals surface area (Å²) in [4.78, 5) is 0. The third-order valence-corrected chi connectivity index (χ3v) is 4.79. The van der Waals surface area contributed by atoms with E-state index in [0.29, 0.717) is 5.75 Å². The summed E-state index contributed by atoms with van der Waals surface area (Å²) < 4.78 is 0. The quantitative estimate of drug-likeness (QED) is 0.568. The van der Waals surface area contributed by atoms with Crippen molar-refractivity contribution in [2.75, 3.05) is 5.32 Å². The van der Waals surface area contributed by atoms with Crippen LogP contribution in [0.15, 0.2) is 36.4 Å². The zero-order chi connectivity index (χ0) is 19.9. The van der Waals surface area contributed by atoms with Gasteiger partial charge in [0.25, 0.3) is 0 Å². The minimum atomic E-state index is -0.134. The molecule has 0 aromatic heterocycles. The van der Waals surface area contributed by atoms with E-state index >= 15 is 0 Å². The number of phenols is 1. The second-order valence-electron chi connectivity index (χ2n) is 10.3. The first-order valence-electron chi connectivity index (χ1n) is 9.46. The summed E-state index contributed by atoms with van der Waals surface area (Å²) in [5, 5.41) is 14.5. The highest BCUT2D eigenvalue weighted by molar-refractivity contribution is 5.72. The molecule has 0 atom stereocenters. The first-order chi connectivity index (χ1) is 11.7. The SMILES string of the molecule is CC(C)(C)c1cc(Nc2ccccc2C(C)(C)C)c(O)c(C(C)(C)C)c1. The van der Waals surface area contributed by atoms with Crippen molar-refractivity contribution in [3.63, 3.8) is 0 Å². The van der Waals surface area contributed by atoms with Gasteiger partial charge >= 0.3 is 0 Å². The number of benzene rings is 2. The summed E-state index contributed by atoms with van der Waals surface area (Å²) in [7, 11) is 0. The smallest absolute Gasteiger partial charge is 0.142 e. The van der Waals surface area contributed by atoms with Gasteiger partial charge in [0.15, 0.2) is 0 Å². The van der Waals surface area contributed by atoms with E-state index in [-0.39, 0.29) is 16.2 Å². The maximum atomic E-state index is 11.0. The van der Waals surface area contributed by atoms with Gasteiger partial charge in [-0.25, -0.2) is 0 Å². The average molecular weight is 354 g/mol. The Bertz CT molecular complexity index is 783. The van der Waals surface area contributed by atoms with E-state index in [4.69, 9.17) is 0 Å². The molecule has 0 radical (unpaired) electrons. The van der Waals surface area contributed by atoms with Crippen LogP contribution in [0.25, 0.3) is 0 Å². The lowest BCUT2D eigenvalue weighted by Gasteiger charge is -2.29. The molecule has 142 valence electrons. The number of para-hydroxylation sites is 1. The highest BCUT2D eigenvalue weighted by atomic mass is 16.3. The van der Waals surface area contributed by atoms with Crippen LogP contribution in [0.5, 0.6) is 5.75 Å². The van der Waals surface area contributed by atoms with Crippen molar-refractivity contribution in [3.05, 3.63) is 53.1 Å². The van der Waals surface area contributed by atoms with Gasteiger partial charge in [-0.3, -0.25) is 0 Å². The molecule has 2 aromatic carbocycles. The maximum Gasteiger partial charge on any atom is 0.142 e. The van der Waals surface area contributed by atoms with Crippen molar-refractivity contribution in [1.82, 2.24) is 0 Å². The number of hydrogen-bond acceptors (Lipinski definition) is 2. The summed E-state index contributed by atoms with van der Waals surface area (Å²) in [6.07, 6.45) is 0. The Balaban J connectivity index is 2.64. The van der Waals surface area contributed by atoms with E-state index in [1.165, 1.54) is 11.1 Å². The fourth-order valence-corrected chi connectivity index (χ4v) is 3.13. The molecule has 2 rings (SSSR count). The molecule has 2 nitrogen and oxygen atoms in total. The Hall–Kier alpha value is -1.96. The van der Waals surface area contributed by atoms with Crippen molar-refractivity contribution in [2.24, 2.45) is 0 Å². The van der Waals surface area contributed by atoms with Crippen LogP contribution in [0.4, 0.5) is 11.4 Å². The van der Waals surface area contributed by atoms with Gasteiger partial charge in [0.1, 0.15) is 5.75 Å². The molecule has 0 spiro atoms. The van der Waals surface area contributed by atoms with Gasteiger partial charge in [-0.15, -0.1) is 0 Å². The van der Waals surface area contributed by atoms with Crippen LogP contribution >= 0.6 is 0 Å². The topological polar surface area (TPSA) is 32.3 Å². The fraction of sp³-hybridized carbons (Fsp3) is 0.500. The largest absolute Gasteiger partial charge is 0.505 e.